The minimum Gasteiger partial charge on any atom is -0.550 e. The zero-order chi connectivity index (χ0) is 19.1. The van der Waals surface area contributed by atoms with Gasteiger partial charge in [-0.25, -0.2) is 0 Å². The summed E-state index contributed by atoms with van der Waals surface area (Å²) in [6, 6.07) is 14.0. The number of benzene rings is 2. The van der Waals surface area contributed by atoms with E-state index in [-0.39, 0.29) is 12.3 Å². The largest absolute Gasteiger partial charge is 0.550 e. The van der Waals surface area contributed by atoms with Gasteiger partial charge in [-0.3, -0.25) is 4.79 Å². The van der Waals surface area contributed by atoms with Crippen LogP contribution >= 0.6 is 0 Å². The first-order valence-corrected chi connectivity index (χ1v) is 8.23. The Kier molecular flexibility index (Phi) is 6.60. The molecule has 1 amide bonds. The van der Waals surface area contributed by atoms with Gasteiger partial charge in [-0.2, -0.15) is 0 Å². The number of carbonyl (C=O) groups excluding carboxylic acids is 2. The highest BCUT2D eigenvalue weighted by Crippen LogP contribution is 2.22. The van der Waals surface area contributed by atoms with Crippen molar-refractivity contribution in [3.05, 3.63) is 54.1 Å². The molecule has 0 saturated heterocycles. The first-order chi connectivity index (χ1) is 12.4. The predicted molar refractivity (Wildman–Crippen MR) is 96.0 cm³/mol. The minimum atomic E-state index is -1.26. The summed E-state index contributed by atoms with van der Waals surface area (Å²) in [5, 5.41) is 14.1. The average molecular weight is 356 g/mol. The van der Waals surface area contributed by atoms with Crippen LogP contribution in [0.1, 0.15) is 12.5 Å². The minimum absolute atomic E-state index is 0.279. The maximum atomic E-state index is 12.7. The number of hydrogen-bond donors (Lipinski definition) is 1. The van der Waals surface area contributed by atoms with E-state index in [0.29, 0.717) is 17.2 Å². The maximum absolute atomic E-state index is 12.7. The quantitative estimate of drug-likeness (QED) is 0.780. The molecule has 26 heavy (non-hydrogen) atoms. The second kappa shape index (κ2) is 8.89. The number of carboxylic acid groups (broad SMARTS) is 1. The molecule has 1 N–H and O–H groups in total. The molecule has 2 rings (SSSR count). The number of carboxylic acids is 1. The molecule has 0 aliphatic heterocycles. The molecule has 0 radical (unpaired) electrons. The van der Waals surface area contributed by atoms with Gasteiger partial charge in [0.05, 0.1) is 20.1 Å². The van der Waals surface area contributed by atoms with Crippen molar-refractivity contribution in [3.63, 3.8) is 0 Å². The summed E-state index contributed by atoms with van der Waals surface area (Å²) >= 11 is 0. The lowest BCUT2D eigenvalue weighted by Crippen LogP contribution is -2.40. The third-order valence-corrected chi connectivity index (χ3v) is 4.28. The van der Waals surface area contributed by atoms with E-state index in [4.69, 9.17) is 9.47 Å². The van der Waals surface area contributed by atoms with Crippen LogP contribution in [0, 0.1) is 11.8 Å². The van der Waals surface area contributed by atoms with E-state index in [9.17, 15) is 14.7 Å². The highest BCUT2D eigenvalue weighted by molar-refractivity contribution is 5.95. The van der Waals surface area contributed by atoms with Gasteiger partial charge < -0.3 is 24.7 Å². The van der Waals surface area contributed by atoms with E-state index in [2.05, 4.69) is 5.32 Å². The van der Waals surface area contributed by atoms with E-state index in [1.165, 1.54) is 6.92 Å². The first-order valence-electron chi connectivity index (χ1n) is 8.23. The maximum Gasteiger partial charge on any atom is 0.228 e. The van der Waals surface area contributed by atoms with Gasteiger partial charge in [0.1, 0.15) is 11.5 Å². The van der Waals surface area contributed by atoms with E-state index < -0.39 is 17.8 Å². The van der Waals surface area contributed by atoms with Crippen LogP contribution in [0.3, 0.4) is 0 Å². The number of amides is 1. The van der Waals surface area contributed by atoms with E-state index in [0.717, 1.165) is 5.56 Å². The smallest absolute Gasteiger partial charge is 0.228 e. The van der Waals surface area contributed by atoms with Gasteiger partial charge in [-0.15, -0.1) is 0 Å². The lowest BCUT2D eigenvalue weighted by atomic mass is 9.87. The summed E-state index contributed by atoms with van der Waals surface area (Å²) in [5.41, 5.74) is 1.41. The molecular weight excluding hydrogens is 334 g/mol. The standard InChI is InChI=1S/C20H23NO5/c1-13(20(23)24)18(12-14-4-8-16(25-2)9-5-14)19(22)21-15-6-10-17(26-3)11-7-15/h4-11,13,18H,12H2,1-3H3,(H,21,22)(H,23,24)/p-1/t13-,18+/m1/s1. The molecule has 0 saturated carbocycles. The average Bonchev–Trinajstić information content (AvgIpc) is 2.66. The Labute approximate surface area is 152 Å². The number of rotatable bonds is 8. The van der Waals surface area contributed by atoms with Gasteiger partial charge in [0.2, 0.25) is 5.91 Å². The fourth-order valence-electron chi connectivity index (χ4n) is 2.59. The third kappa shape index (κ3) is 4.99. The fraction of sp³-hybridized carbons (Fsp3) is 0.300. The predicted octanol–water partition coefficient (Wildman–Crippen LogP) is 1.89. The van der Waals surface area contributed by atoms with Crippen molar-refractivity contribution < 1.29 is 24.2 Å². The summed E-state index contributed by atoms with van der Waals surface area (Å²) in [5.74, 6) is -1.97. The van der Waals surface area contributed by atoms with Crippen molar-refractivity contribution in [2.24, 2.45) is 11.8 Å². The van der Waals surface area contributed by atoms with Crippen LogP contribution in [0.5, 0.6) is 11.5 Å². The molecule has 6 nitrogen and oxygen atoms in total. The van der Waals surface area contributed by atoms with E-state index >= 15 is 0 Å². The molecule has 0 aromatic heterocycles. The molecule has 0 bridgehead atoms. The SMILES string of the molecule is COc1ccc(C[C@H](C(=O)Nc2ccc(OC)cc2)[C@@H](C)C(=O)[O-])cc1. The zero-order valence-corrected chi connectivity index (χ0v) is 15.0. The van der Waals surface area contributed by atoms with E-state index in [1.54, 1.807) is 50.6 Å². The summed E-state index contributed by atoms with van der Waals surface area (Å²) < 4.78 is 10.2. The lowest BCUT2D eigenvalue weighted by molar-refractivity contribution is -0.312. The van der Waals surface area contributed by atoms with Gasteiger partial charge in [0.15, 0.2) is 0 Å². The Morgan fingerprint density at radius 2 is 1.46 bits per heavy atom. The number of ether oxygens (including phenoxy) is 2. The molecule has 0 aliphatic rings. The van der Waals surface area contributed by atoms with Gasteiger partial charge in [0.25, 0.3) is 0 Å². The number of carbonyl (C=O) groups is 2. The normalized spacial score (nSPS) is 12.7. The van der Waals surface area contributed by atoms with Crippen molar-refractivity contribution in [2.75, 3.05) is 19.5 Å². The molecule has 0 heterocycles. The number of aliphatic carboxylic acids is 1. The van der Waals surface area contributed by atoms with Crippen LogP contribution in [0.4, 0.5) is 5.69 Å². The molecule has 2 atom stereocenters. The van der Waals surface area contributed by atoms with Crippen LogP contribution in [-0.2, 0) is 16.0 Å². The molecular formula is C20H22NO5-. The van der Waals surface area contributed by atoms with Gasteiger partial charge in [0, 0.05) is 17.6 Å². The molecule has 0 unspecified atom stereocenters. The van der Waals surface area contributed by atoms with Crippen LogP contribution < -0.4 is 19.9 Å². The second-order valence-corrected chi connectivity index (χ2v) is 5.98. The Hall–Kier alpha value is -3.02. The molecule has 138 valence electrons. The van der Waals surface area contributed by atoms with Crippen LogP contribution in [0.25, 0.3) is 0 Å². The topological polar surface area (TPSA) is 87.7 Å². The number of hydrogen-bond acceptors (Lipinski definition) is 5. The van der Waals surface area contributed by atoms with Gasteiger partial charge in [-0.05, 0) is 48.4 Å². The summed E-state index contributed by atoms with van der Waals surface area (Å²) in [6.07, 6.45) is 0.279. The Bertz CT molecular complexity index is 740. The Morgan fingerprint density at radius 3 is 1.92 bits per heavy atom. The number of anilines is 1. The molecule has 2 aromatic rings. The van der Waals surface area contributed by atoms with E-state index in [1.807, 2.05) is 12.1 Å². The molecule has 0 spiro atoms. The molecule has 0 aliphatic carbocycles. The molecule has 2 aromatic carbocycles. The number of methoxy groups -OCH3 is 2. The summed E-state index contributed by atoms with van der Waals surface area (Å²) in [6.45, 7) is 1.48. The van der Waals surface area contributed by atoms with Gasteiger partial charge in [-0.1, -0.05) is 19.1 Å². The van der Waals surface area contributed by atoms with Crippen LogP contribution in [-0.4, -0.2) is 26.1 Å². The lowest BCUT2D eigenvalue weighted by Gasteiger charge is -2.24. The van der Waals surface area contributed by atoms with Crippen molar-refractivity contribution in [2.45, 2.75) is 13.3 Å². The fourth-order valence-corrected chi connectivity index (χ4v) is 2.59. The monoisotopic (exact) mass is 356 g/mol. The van der Waals surface area contributed by atoms with Gasteiger partial charge >= 0.3 is 0 Å². The molecule has 0 fully saturated rings. The highest BCUT2D eigenvalue weighted by atomic mass is 16.5. The Balaban J connectivity index is 2.16. The zero-order valence-electron chi connectivity index (χ0n) is 15.0. The number of nitrogens with one attached hydrogen (secondary N) is 1. The Morgan fingerprint density at radius 1 is 0.962 bits per heavy atom. The highest BCUT2D eigenvalue weighted by Gasteiger charge is 2.26. The summed E-state index contributed by atoms with van der Waals surface area (Å²) in [7, 11) is 3.12. The van der Waals surface area contributed by atoms with Crippen LogP contribution in [0.2, 0.25) is 0 Å². The van der Waals surface area contributed by atoms with Crippen molar-refractivity contribution in [1.82, 2.24) is 0 Å². The summed E-state index contributed by atoms with van der Waals surface area (Å²) in [4.78, 5) is 24.0. The first kappa shape index (κ1) is 19.3. The van der Waals surface area contributed by atoms with Crippen LogP contribution in [0.15, 0.2) is 48.5 Å². The van der Waals surface area contributed by atoms with Crippen molar-refractivity contribution in [3.8, 4) is 11.5 Å². The third-order valence-electron chi connectivity index (χ3n) is 4.28. The second-order valence-electron chi connectivity index (χ2n) is 5.98. The van der Waals surface area contributed by atoms with Crippen molar-refractivity contribution in [1.29, 1.82) is 0 Å². The molecule has 6 heteroatoms. The van der Waals surface area contributed by atoms with Crippen molar-refractivity contribution >= 4 is 17.6 Å².